The van der Waals surface area contributed by atoms with Gasteiger partial charge in [0, 0.05) is 13.0 Å². The van der Waals surface area contributed by atoms with E-state index in [-0.39, 0.29) is 0 Å². The highest BCUT2D eigenvalue weighted by Gasteiger charge is 2.12. The molecule has 3 rings (SSSR count). The maximum absolute atomic E-state index is 5.38. The molecule has 1 nitrogen and oxygen atoms in total. The molecule has 0 saturated heterocycles. The van der Waals surface area contributed by atoms with E-state index in [2.05, 4.69) is 57.6 Å². The summed E-state index contributed by atoms with van der Waals surface area (Å²) in [6.45, 7) is 0.970. The van der Waals surface area contributed by atoms with Crippen LogP contribution in [0.2, 0.25) is 0 Å². The van der Waals surface area contributed by atoms with Gasteiger partial charge in [0.25, 0.3) is 0 Å². The molecular weight excluding hydrogens is 282 g/mol. The van der Waals surface area contributed by atoms with Gasteiger partial charge in [-0.05, 0) is 41.4 Å². The molecule has 100 valence electrons. The quantitative estimate of drug-likeness (QED) is 0.441. The van der Waals surface area contributed by atoms with E-state index < -0.39 is 0 Å². The fraction of sp³-hybridized carbons (Fsp3) is 0.176. The molecule has 0 radical (unpaired) electrons. The minimum atomic E-state index is 0.825. The second-order valence-electron chi connectivity index (χ2n) is 4.52. The van der Waals surface area contributed by atoms with E-state index in [1.54, 1.807) is 22.7 Å². The monoisotopic (exact) mass is 297 g/mol. The molecule has 0 fully saturated rings. The molecule has 0 unspecified atom stereocenters. The molecule has 0 bridgehead atoms. The number of terminal acetylenes is 1. The molecule has 3 aromatic rings. The van der Waals surface area contributed by atoms with Gasteiger partial charge in [-0.25, -0.2) is 0 Å². The Bertz CT molecular complexity index is 645. The first-order valence-corrected chi connectivity index (χ1v) is 8.37. The van der Waals surface area contributed by atoms with Crippen LogP contribution in [-0.4, -0.2) is 4.57 Å². The van der Waals surface area contributed by atoms with E-state index in [1.165, 1.54) is 21.1 Å². The fourth-order valence-corrected chi connectivity index (χ4v) is 3.85. The fourth-order valence-electron chi connectivity index (χ4n) is 2.33. The Morgan fingerprint density at radius 2 is 1.55 bits per heavy atom. The van der Waals surface area contributed by atoms with Crippen molar-refractivity contribution in [3.05, 3.63) is 47.2 Å². The van der Waals surface area contributed by atoms with E-state index >= 15 is 0 Å². The van der Waals surface area contributed by atoms with Gasteiger partial charge in [0.1, 0.15) is 0 Å². The number of nitrogens with zero attached hydrogens (tertiary/aromatic N) is 1. The number of rotatable bonds is 5. The normalized spacial score (nSPS) is 10.6. The van der Waals surface area contributed by atoms with Gasteiger partial charge < -0.3 is 4.57 Å². The molecular formula is C17H15NS2. The van der Waals surface area contributed by atoms with Crippen molar-refractivity contribution in [2.45, 2.75) is 19.4 Å². The first-order chi connectivity index (χ1) is 9.90. The van der Waals surface area contributed by atoms with Crippen molar-refractivity contribution >= 4 is 22.7 Å². The van der Waals surface area contributed by atoms with Crippen LogP contribution in [0.3, 0.4) is 0 Å². The largest absolute Gasteiger partial charge is 0.339 e. The highest BCUT2D eigenvalue weighted by Crippen LogP contribution is 2.33. The molecule has 3 heterocycles. The zero-order valence-corrected chi connectivity index (χ0v) is 12.7. The summed E-state index contributed by atoms with van der Waals surface area (Å²) in [6, 6.07) is 13.0. The lowest BCUT2D eigenvalue weighted by molar-refractivity contribution is 0.671. The third kappa shape index (κ3) is 2.58. The Morgan fingerprint density at radius 3 is 2.00 bits per heavy atom. The second kappa shape index (κ2) is 6.13. The minimum Gasteiger partial charge on any atom is -0.339 e. The summed E-state index contributed by atoms with van der Waals surface area (Å²) >= 11 is 3.56. The van der Waals surface area contributed by atoms with Crippen molar-refractivity contribution in [2.75, 3.05) is 0 Å². The molecule has 3 aromatic heterocycles. The summed E-state index contributed by atoms with van der Waals surface area (Å²) in [5.74, 6) is 2.73. The molecule has 0 spiro atoms. The predicted octanol–water partition coefficient (Wildman–Crippen LogP) is 5.36. The smallest absolute Gasteiger partial charge is 0.0586 e. The molecule has 0 aromatic carbocycles. The van der Waals surface area contributed by atoms with Crippen LogP contribution < -0.4 is 0 Å². The van der Waals surface area contributed by atoms with Crippen LogP contribution in [0.4, 0.5) is 0 Å². The molecule has 0 aliphatic rings. The number of aromatic nitrogens is 1. The molecule has 3 heteroatoms. The summed E-state index contributed by atoms with van der Waals surface area (Å²) in [7, 11) is 0. The zero-order valence-electron chi connectivity index (χ0n) is 11.1. The molecule has 0 amide bonds. The number of hydrogen-bond donors (Lipinski definition) is 0. The van der Waals surface area contributed by atoms with Crippen LogP contribution in [0.25, 0.3) is 21.1 Å². The molecule has 0 aliphatic heterocycles. The first-order valence-electron chi connectivity index (χ1n) is 6.61. The van der Waals surface area contributed by atoms with Gasteiger partial charge in [-0.1, -0.05) is 12.1 Å². The van der Waals surface area contributed by atoms with E-state index in [0.717, 1.165) is 19.4 Å². The Labute approximate surface area is 127 Å². The summed E-state index contributed by atoms with van der Waals surface area (Å²) in [5, 5.41) is 4.25. The van der Waals surface area contributed by atoms with Gasteiger partial charge in [0.05, 0.1) is 21.1 Å². The predicted molar refractivity (Wildman–Crippen MR) is 89.1 cm³/mol. The number of hydrogen-bond acceptors (Lipinski definition) is 2. The average molecular weight is 297 g/mol. The van der Waals surface area contributed by atoms with Crippen LogP contribution in [0, 0.1) is 12.3 Å². The maximum Gasteiger partial charge on any atom is 0.0586 e. The first kappa shape index (κ1) is 13.2. The van der Waals surface area contributed by atoms with Crippen molar-refractivity contribution in [1.29, 1.82) is 0 Å². The maximum atomic E-state index is 5.38. The van der Waals surface area contributed by atoms with E-state index in [4.69, 9.17) is 6.42 Å². The van der Waals surface area contributed by atoms with E-state index in [0.29, 0.717) is 0 Å². The van der Waals surface area contributed by atoms with Crippen molar-refractivity contribution in [1.82, 2.24) is 4.57 Å². The van der Waals surface area contributed by atoms with Crippen LogP contribution in [0.5, 0.6) is 0 Å². The van der Waals surface area contributed by atoms with Crippen molar-refractivity contribution < 1.29 is 0 Å². The van der Waals surface area contributed by atoms with Gasteiger partial charge in [-0.2, -0.15) is 0 Å². The Kier molecular flexibility index (Phi) is 4.05. The molecule has 0 atom stereocenters. The van der Waals surface area contributed by atoms with Crippen molar-refractivity contribution in [2.24, 2.45) is 0 Å². The van der Waals surface area contributed by atoms with Gasteiger partial charge in [0.15, 0.2) is 0 Å². The van der Waals surface area contributed by atoms with Crippen LogP contribution in [0.1, 0.15) is 12.8 Å². The van der Waals surface area contributed by atoms with Gasteiger partial charge in [-0.3, -0.25) is 0 Å². The summed E-state index contributed by atoms with van der Waals surface area (Å²) in [5.41, 5.74) is 2.58. The van der Waals surface area contributed by atoms with Gasteiger partial charge in [0.2, 0.25) is 0 Å². The Hall–Kier alpha value is -1.76. The third-order valence-electron chi connectivity index (χ3n) is 3.23. The average Bonchev–Trinajstić information content (AvgIpc) is 3.19. The van der Waals surface area contributed by atoms with E-state index in [9.17, 15) is 0 Å². The summed E-state index contributed by atoms with van der Waals surface area (Å²) in [4.78, 5) is 2.63. The van der Waals surface area contributed by atoms with Crippen LogP contribution in [0.15, 0.2) is 47.2 Å². The lowest BCUT2D eigenvalue weighted by Crippen LogP contribution is -2.01. The highest BCUT2D eigenvalue weighted by molar-refractivity contribution is 7.14. The second-order valence-corrected chi connectivity index (χ2v) is 6.41. The highest BCUT2D eigenvalue weighted by atomic mass is 32.1. The van der Waals surface area contributed by atoms with Crippen LogP contribution in [-0.2, 0) is 6.54 Å². The molecule has 0 aliphatic carbocycles. The van der Waals surface area contributed by atoms with Crippen LogP contribution >= 0.6 is 22.7 Å². The lowest BCUT2D eigenvalue weighted by Gasteiger charge is -2.11. The lowest BCUT2D eigenvalue weighted by atomic mass is 10.3. The summed E-state index contributed by atoms with van der Waals surface area (Å²) in [6.07, 6.45) is 7.22. The standard InChI is InChI=1S/C17H15NS2/c1-2-3-4-11-18-14(16-7-5-12-19-16)9-10-15(18)17-8-6-13-20-17/h1,5-10,12-13H,3-4,11H2. The molecule has 20 heavy (non-hydrogen) atoms. The van der Waals surface area contributed by atoms with Gasteiger partial charge in [-0.15, -0.1) is 35.0 Å². The van der Waals surface area contributed by atoms with E-state index in [1.807, 2.05) is 0 Å². The molecule has 0 saturated carbocycles. The SMILES string of the molecule is C#CCCCn1c(-c2cccs2)ccc1-c1cccs1. The zero-order chi connectivity index (χ0) is 13.8. The topological polar surface area (TPSA) is 4.93 Å². The number of thiophene rings is 2. The number of unbranched alkanes of at least 4 members (excludes halogenated alkanes) is 1. The van der Waals surface area contributed by atoms with Crippen molar-refractivity contribution in [3.63, 3.8) is 0 Å². The van der Waals surface area contributed by atoms with Gasteiger partial charge >= 0.3 is 0 Å². The minimum absolute atomic E-state index is 0.825. The Balaban J connectivity index is 2.01. The van der Waals surface area contributed by atoms with Crippen molar-refractivity contribution in [3.8, 4) is 33.5 Å². The Morgan fingerprint density at radius 1 is 0.950 bits per heavy atom. The summed E-state index contributed by atoms with van der Waals surface area (Å²) < 4.78 is 2.40. The third-order valence-corrected chi connectivity index (χ3v) is 5.02. The molecule has 0 N–H and O–H groups in total.